The van der Waals surface area contributed by atoms with E-state index in [1.165, 1.54) is 24.8 Å². The van der Waals surface area contributed by atoms with Crippen LogP contribution in [0.2, 0.25) is 0 Å². The third-order valence-electron chi connectivity index (χ3n) is 3.79. The molecular formula is C14H20N2O3. The van der Waals surface area contributed by atoms with Crippen LogP contribution in [0.15, 0.2) is 18.3 Å². The third-order valence-corrected chi connectivity index (χ3v) is 3.79. The monoisotopic (exact) mass is 264 g/mol. The smallest absolute Gasteiger partial charge is 0.335 e. The van der Waals surface area contributed by atoms with Gasteiger partial charge < -0.3 is 15.5 Å². The number of hydrogen-bond donors (Lipinski definition) is 3. The van der Waals surface area contributed by atoms with Crippen LogP contribution in [-0.2, 0) is 0 Å². The number of carbonyl (C=O) groups is 1. The highest BCUT2D eigenvalue weighted by Gasteiger charge is 2.34. The molecule has 1 aromatic heterocycles. The minimum Gasteiger partial charge on any atom is -0.478 e. The first-order valence-corrected chi connectivity index (χ1v) is 6.63. The van der Waals surface area contributed by atoms with Gasteiger partial charge in [-0.2, -0.15) is 0 Å². The van der Waals surface area contributed by atoms with E-state index < -0.39 is 5.97 Å². The van der Waals surface area contributed by atoms with Gasteiger partial charge in [0.05, 0.1) is 17.7 Å². The van der Waals surface area contributed by atoms with E-state index in [9.17, 15) is 9.90 Å². The van der Waals surface area contributed by atoms with Crippen LogP contribution in [0, 0.1) is 5.92 Å². The summed E-state index contributed by atoms with van der Waals surface area (Å²) in [4.78, 5) is 15.1. The Balaban J connectivity index is 2.18. The maximum Gasteiger partial charge on any atom is 0.335 e. The van der Waals surface area contributed by atoms with Crippen molar-refractivity contribution in [2.75, 3.05) is 11.9 Å². The number of nitrogens with zero attached hydrogens (tertiary/aromatic N) is 1. The van der Waals surface area contributed by atoms with Crippen molar-refractivity contribution >= 4 is 11.8 Å². The Kier molecular flexibility index (Phi) is 4.04. The van der Waals surface area contributed by atoms with E-state index in [0.717, 1.165) is 19.3 Å². The molecule has 2 rings (SSSR count). The SMILES string of the molecule is CC1CCCC(CO)(Nc2cc(C(=O)O)ccn2)C1. The standard InChI is InChI=1S/C14H20N2O3/c1-10-3-2-5-14(8-10,9-17)16-12-7-11(13(18)19)4-6-15-12/h4,6-7,10,17H,2-3,5,8-9H2,1H3,(H,15,16)(H,18,19). The van der Waals surface area contributed by atoms with Crippen LogP contribution in [0.1, 0.15) is 43.0 Å². The maximum absolute atomic E-state index is 10.9. The molecule has 1 aromatic rings. The molecular weight excluding hydrogens is 244 g/mol. The van der Waals surface area contributed by atoms with E-state index in [1.54, 1.807) is 0 Å². The van der Waals surface area contributed by atoms with Gasteiger partial charge in [-0.3, -0.25) is 0 Å². The normalized spacial score (nSPS) is 26.9. The van der Waals surface area contributed by atoms with Crippen LogP contribution in [0.4, 0.5) is 5.82 Å². The van der Waals surface area contributed by atoms with Crippen LogP contribution in [0.3, 0.4) is 0 Å². The lowest BCUT2D eigenvalue weighted by Gasteiger charge is -2.39. The molecule has 0 aliphatic heterocycles. The Bertz CT molecular complexity index is 464. The van der Waals surface area contributed by atoms with Crippen molar-refractivity contribution in [2.45, 2.75) is 38.1 Å². The molecule has 0 saturated heterocycles. The van der Waals surface area contributed by atoms with Crippen molar-refractivity contribution < 1.29 is 15.0 Å². The molecule has 1 saturated carbocycles. The summed E-state index contributed by atoms with van der Waals surface area (Å²) < 4.78 is 0. The Morgan fingerprint density at radius 1 is 1.63 bits per heavy atom. The van der Waals surface area contributed by atoms with E-state index in [4.69, 9.17) is 5.11 Å². The molecule has 0 bridgehead atoms. The van der Waals surface area contributed by atoms with Gasteiger partial charge in [0, 0.05) is 6.20 Å². The van der Waals surface area contributed by atoms with Crippen LogP contribution < -0.4 is 5.32 Å². The van der Waals surface area contributed by atoms with Crippen LogP contribution >= 0.6 is 0 Å². The van der Waals surface area contributed by atoms with Crippen molar-refractivity contribution in [1.82, 2.24) is 4.98 Å². The number of pyridine rings is 1. The van der Waals surface area contributed by atoms with Gasteiger partial charge in [-0.15, -0.1) is 0 Å². The zero-order valence-corrected chi connectivity index (χ0v) is 11.1. The number of carboxylic acids is 1. The molecule has 0 amide bonds. The summed E-state index contributed by atoms with van der Waals surface area (Å²) >= 11 is 0. The number of aromatic carboxylic acids is 1. The van der Waals surface area contributed by atoms with Gasteiger partial charge in [0.2, 0.25) is 0 Å². The first-order valence-electron chi connectivity index (χ1n) is 6.63. The number of aromatic nitrogens is 1. The van der Waals surface area contributed by atoms with Gasteiger partial charge >= 0.3 is 5.97 Å². The molecule has 0 radical (unpaired) electrons. The average Bonchev–Trinajstić information content (AvgIpc) is 2.39. The fraction of sp³-hybridized carbons (Fsp3) is 0.571. The van der Waals surface area contributed by atoms with Crippen molar-refractivity contribution in [1.29, 1.82) is 0 Å². The van der Waals surface area contributed by atoms with E-state index in [1.807, 2.05) is 0 Å². The molecule has 1 aliphatic carbocycles. The van der Waals surface area contributed by atoms with Gasteiger partial charge in [0.15, 0.2) is 0 Å². The third kappa shape index (κ3) is 3.23. The van der Waals surface area contributed by atoms with Crippen LogP contribution in [0.25, 0.3) is 0 Å². The topological polar surface area (TPSA) is 82.5 Å². The molecule has 3 N–H and O–H groups in total. The zero-order valence-electron chi connectivity index (χ0n) is 11.1. The summed E-state index contributed by atoms with van der Waals surface area (Å²) in [6.07, 6.45) is 5.47. The molecule has 1 heterocycles. The molecule has 19 heavy (non-hydrogen) atoms. The molecule has 1 fully saturated rings. The predicted octanol–water partition coefficient (Wildman–Crippen LogP) is 2.13. The Morgan fingerprint density at radius 2 is 2.42 bits per heavy atom. The molecule has 5 nitrogen and oxygen atoms in total. The lowest BCUT2D eigenvalue weighted by molar-refractivity contribution is 0.0696. The van der Waals surface area contributed by atoms with Crippen LogP contribution in [0.5, 0.6) is 0 Å². The summed E-state index contributed by atoms with van der Waals surface area (Å²) in [5.74, 6) is 0.0969. The highest BCUT2D eigenvalue weighted by molar-refractivity contribution is 5.88. The average molecular weight is 264 g/mol. The first-order chi connectivity index (χ1) is 9.04. The molecule has 2 atom stereocenters. The van der Waals surface area contributed by atoms with Crippen molar-refractivity contribution in [2.24, 2.45) is 5.92 Å². The summed E-state index contributed by atoms with van der Waals surface area (Å²) in [7, 11) is 0. The number of aliphatic hydroxyl groups excluding tert-OH is 1. The number of anilines is 1. The minimum atomic E-state index is -0.972. The molecule has 0 aromatic carbocycles. The summed E-state index contributed by atoms with van der Waals surface area (Å²) in [6.45, 7) is 2.21. The lowest BCUT2D eigenvalue weighted by Crippen LogP contribution is -2.46. The van der Waals surface area contributed by atoms with Gasteiger partial charge in [-0.1, -0.05) is 19.8 Å². The van der Waals surface area contributed by atoms with Gasteiger partial charge in [-0.05, 0) is 30.9 Å². The van der Waals surface area contributed by atoms with E-state index in [2.05, 4.69) is 17.2 Å². The molecule has 0 spiro atoms. The van der Waals surface area contributed by atoms with E-state index >= 15 is 0 Å². The van der Waals surface area contributed by atoms with Gasteiger partial charge in [0.25, 0.3) is 0 Å². The molecule has 5 heteroatoms. The summed E-state index contributed by atoms with van der Waals surface area (Å²) in [5, 5.41) is 21.9. The molecule has 104 valence electrons. The number of aliphatic hydroxyl groups is 1. The Hall–Kier alpha value is -1.62. The number of hydrogen-bond acceptors (Lipinski definition) is 4. The van der Waals surface area contributed by atoms with E-state index in [0.29, 0.717) is 11.7 Å². The quantitative estimate of drug-likeness (QED) is 0.776. The van der Waals surface area contributed by atoms with Crippen LogP contribution in [-0.4, -0.2) is 33.3 Å². The fourth-order valence-electron chi connectivity index (χ4n) is 2.86. The Labute approximate surface area is 112 Å². The molecule has 2 unspecified atom stereocenters. The highest BCUT2D eigenvalue weighted by atomic mass is 16.4. The van der Waals surface area contributed by atoms with Gasteiger partial charge in [0.1, 0.15) is 5.82 Å². The first kappa shape index (κ1) is 13.8. The van der Waals surface area contributed by atoms with Crippen molar-refractivity contribution in [3.05, 3.63) is 23.9 Å². The fourth-order valence-corrected chi connectivity index (χ4v) is 2.86. The second-order valence-electron chi connectivity index (χ2n) is 5.50. The summed E-state index contributed by atoms with van der Waals surface area (Å²) in [5.41, 5.74) is -0.170. The largest absolute Gasteiger partial charge is 0.478 e. The second kappa shape index (κ2) is 5.57. The second-order valence-corrected chi connectivity index (χ2v) is 5.50. The van der Waals surface area contributed by atoms with Gasteiger partial charge in [-0.25, -0.2) is 9.78 Å². The van der Waals surface area contributed by atoms with E-state index in [-0.39, 0.29) is 17.7 Å². The highest BCUT2D eigenvalue weighted by Crippen LogP contribution is 2.34. The molecule has 1 aliphatic rings. The predicted molar refractivity (Wildman–Crippen MR) is 72.3 cm³/mol. The zero-order chi connectivity index (χ0) is 13.9. The number of carboxylic acid groups (broad SMARTS) is 1. The van der Waals surface area contributed by atoms with Crippen molar-refractivity contribution in [3.8, 4) is 0 Å². The minimum absolute atomic E-state index is 0.0380. The Morgan fingerprint density at radius 3 is 3.05 bits per heavy atom. The van der Waals surface area contributed by atoms with Crippen molar-refractivity contribution in [3.63, 3.8) is 0 Å². The number of rotatable bonds is 4. The number of nitrogens with one attached hydrogen (secondary N) is 1. The maximum atomic E-state index is 10.9. The lowest BCUT2D eigenvalue weighted by atomic mass is 9.77. The summed E-state index contributed by atoms with van der Waals surface area (Å²) in [6, 6.07) is 2.97.